The lowest BCUT2D eigenvalue weighted by atomic mass is 10.1. The number of hydrogen-bond donors (Lipinski definition) is 1. The summed E-state index contributed by atoms with van der Waals surface area (Å²) in [5.74, 6) is 0. The molecule has 1 N–H and O–H groups in total. The van der Waals surface area contributed by atoms with Gasteiger partial charge in [0.1, 0.15) is 5.01 Å². The first-order valence-electron chi connectivity index (χ1n) is 10.0. The third kappa shape index (κ3) is 3.86. The van der Waals surface area contributed by atoms with Crippen molar-refractivity contribution in [1.29, 1.82) is 0 Å². The summed E-state index contributed by atoms with van der Waals surface area (Å²) in [6.07, 6.45) is 7.40. The van der Waals surface area contributed by atoms with Crippen molar-refractivity contribution < 1.29 is 0 Å². The molecule has 0 aliphatic carbocycles. The second-order valence-electron chi connectivity index (χ2n) is 7.54. The van der Waals surface area contributed by atoms with Gasteiger partial charge in [-0.3, -0.25) is 14.7 Å². The van der Waals surface area contributed by atoms with Gasteiger partial charge in [-0.1, -0.05) is 18.6 Å². The van der Waals surface area contributed by atoms with E-state index >= 15 is 0 Å². The molecule has 1 aliphatic rings. The van der Waals surface area contributed by atoms with Crippen molar-refractivity contribution >= 4 is 22.2 Å². The van der Waals surface area contributed by atoms with Gasteiger partial charge in [0.25, 0.3) is 5.56 Å². The Bertz CT molecular complexity index is 1190. The van der Waals surface area contributed by atoms with Crippen molar-refractivity contribution in [1.82, 2.24) is 19.9 Å². The van der Waals surface area contributed by atoms with Crippen molar-refractivity contribution in [3.05, 3.63) is 70.1 Å². The predicted molar refractivity (Wildman–Crippen MR) is 118 cm³/mol. The molecule has 6 heteroatoms. The number of thiazole rings is 1. The topological polar surface area (TPSA) is 61.9 Å². The molecule has 1 fully saturated rings. The van der Waals surface area contributed by atoms with Crippen molar-refractivity contribution in [3.63, 3.8) is 0 Å². The number of likely N-dealkylation sites (tertiary alicyclic amines) is 1. The van der Waals surface area contributed by atoms with E-state index in [1.807, 2.05) is 23.6 Å². The number of aromatic nitrogens is 3. The van der Waals surface area contributed by atoms with Crippen LogP contribution in [0.5, 0.6) is 0 Å². The maximum atomic E-state index is 12.8. The van der Waals surface area contributed by atoms with E-state index in [2.05, 4.69) is 38.1 Å². The Morgan fingerprint density at radius 3 is 2.69 bits per heavy atom. The van der Waals surface area contributed by atoms with Crippen LogP contribution in [0.3, 0.4) is 0 Å². The van der Waals surface area contributed by atoms with Gasteiger partial charge in [-0.2, -0.15) is 0 Å². The van der Waals surface area contributed by atoms with E-state index in [1.165, 1.54) is 36.2 Å². The number of H-pyrrole nitrogens is 1. The molecule has 0 atom stereocenters. The maximum Gasteiger partial charge on any atom is 0.257 e. The highest BCUT2D eigenvalue weighted by atomic mass is 32.1. The van der Waals surface area contributed by atoms with E-state index in [4.69, 9.17) is 0 Å². The number of nitrogens with one attached hydrogen (secondary N) is 1. The number of piperidine rings is 1. The molecule has 29 heavy (non-hydrogen) atoms. The van der Waals surface area contributed by atoms with Gasteiger partial charge in [-0.25, -0.2) is 4.98 Å². The van der Waals surface area contributed by atoms with E-state index in [0.29, 0.717) is 11.3 Å². The Hall–Kier alpha value is -2.83. The van der Waals surface area contributed by atoms with Crippen LogP contribution in [0, 0.1) is 0 Å². The molecule has 146 valence electrons. The smallest absolute Gasteiger partial charge is 0.257 e. The molecule has 5 rings (SSSR count). The average Bonchev–Trinajstić information content (AvgIpc) is 3.25. The summed E-state index contributed by atoms with van der Waals surface area (Å²) in [5, 5.41) is 3.86. The number of aromatic amines is 1. The molecule has 4 heterocycles. The molecule has 5 nitrogen and oxygen atoms in total. The fourth-order valence-corrected chi connectivity index (χ4v) is 4.76. The van der Waals surface area contributed by atoms with E-state index in [9.17, 15) is 4.79 Å². The van der Waals surface area contributed by atoms with Crippen molar-refractivity contribution in [2.75, 3.05) is 13.1 Å². The zero-order chi connectivity index (χ0) is 19.6. The molecule has 0 unspecified atom stereocenters. The Morgan fingerprint density at radius 2 is 1.86 bits per heavy atom. The lowest BCUT2D eigenvalue weighted by Crippen LogP contribution is -2.29. The molecular formula is C23H22N4OS. The minimum absolute atomic E-state index is 0.0980. The molecule has 0 bridgehead atoms. The van der Waals surface area contributed by atoms with E-state index < -0.39 is 0 Å². The van der Waals surface area contributed by atoms with Crippen molar-refractivity contribution in [3.8, 4) is 21.8 Å². The predicted octanol–water partition coefficient (Wildman–Crippen LogP) is 4.70. The van der Waals surface area contributed by atoms with E-state index in [1.54, 1.807) is 12.4 Å². The van der Waals surface area contributed by atoms with Crippen LogP contribution in [-0.2, 0) is 6.54 Å². The van der Waals surface area contributed by atoms with Gasteiger partial charge < -0.3 is 4.98 Å². The first kappa shape index (κ1) is 18.2. The largest absolute Gasteiger partial charge is 0.321 e. The van der Waals surface area contributed by atoms with Crippen LogP contribution in [0.1, 0.15) is 24.8 Å². The Morgan fingerprint density at radius 1 is 1.03 bits per heavy atom. The Balaban J connectivity index is 1.45. The average molecular weight is 403 g/mol. The lowest BCUT2D eigenvalue weighted by Gasteiger charge is -2.26. The van der Waals surface area contributed by atoms with Crippen LogP contribution >= 0.6 is 11.3 Å². The van der Waals surface area contributed by atoms with Gasteiger partial charge >= 0.3 is 0 Å². The fourth-order valence-electron chi connectivity index (χ4n) is 3.94. The molecule has 1 saturated heterocycles. The van der Waals surface area contributed by atoms with Crippen LogP contribution in [0.25, 0.3) is 32.7 Å². The Kier molecular flexibility index (Phi) is 4.96. The second-order valence-corrected chi connectivity index (χ2v) is 8.40. The normalized spacial score (nSPS) is 15.0. The highest BCUT2D eigenvalue weighted by Gasteiger charge is 2.13. The summed E-state index contributed by atoms with van der Waals surface area (Å²) in [6, 6.07) is 12.2. The molecule has 3 aromatic heterocycles. The first-order valence-corrected chi connectivity index (χ1v) is 10.9. The molecule has 4 aromatic rings. The fraction of sp³-hybridized carbons (Fsp3) is 0.261. The highest BCUT2D eigenvalue weighted by molar-refractivity contribution is 7.13. The SMILES string of the molecule is O=c1[nH]c2cc(CN3CCCCC3)ccc2cc1-c1csc(-c2ccncc2)n1. The van der Waals surface area contributed by atoms with Crippen LogP contribution in [0.2, 0.25) is 0 Å². The second kappa shape index (κ2) is 7.89. The van der Waals surface area contributed by atoms with Gasteiger partial charge in [0.2, 0.25) is 0 Å². The summed E-state index contributed by atoms with van der Waals surface area (Å²) >= 11 is 1.54. The zero-order valence-corrected chi connectivity index (χ0v) is 16.9. The van der Waals surface area contributed by atoms with Crippen molar-refractivity contribution in [2.45, 2.75) is 25.8 Å². The molecule has 0 spiro atoms. The minimum Gasteiger partial charge on any atom is -0.321 e. The quantitative estimate of drug-likeness (QED) is 0.537. The van der Waals surface area contributed by atoms with Crippen LogP contribution in [0.15, 0.2) is 59.0 Å². The molecule has 0 radical (unpaired) electrons. The van der Waals surface area contributed by atoms with Crippen LogP contribution < -0.4 is 5.56 Å². The zero-order valence-electron chi connectivity index (χ0n) is 16.1. The van der Waals surface area contributed by atoms with E-state index in [-0.39, 0.29) is 5.56 Å². The lowest BCUT2D eigenvalue weighted by molar-refractivity contribution is 0.221. The number of rotatable bonds is 4. The van der Waals surface area contributed by atoms with Gasteiger partial charge in [0, 0.05) is 35.4 Å². The minimum atomic E-state index is -0.0980. The maximum absolute atomic E-state index is 12.8. The number of pyridine rings is 2. The van der Waals surface area contributed by atoms with Crippen LogP contribution in [0.4, 0.5) is 0 Å². The number of nitrogens with zero attached hydrogens (tertiary/aromatic N) is 3. The molecule has 1 aliphatic heterocycles. The summed E-state index contributed by atoms with van der Waals surface area (Å²) in [7, 11) is 0. The summed E-state index contributed by atoms with van der Waals surface area (Å²) in [5.41, 5.74) is 4.37. The molecule has 0 amide bonds. The Labute approximate surface area is 173 Å². The molecular weight excluding hydrogens is 380 g/mol. The number of fused-ring (bicyclic) bond motifs is 1. The third-order valence-corrected chi connectivity index (χ3v) is 6.36. The molecule has 0 saturated carbocycles. The summed E-state index contributed by atoms with van der Waals surface area (Å²) in [4.78, 5) is 27.1. The number of hydrogen-bond acceptors (Lipinski definition) is 5. The van der Waals surface area contributed by atoms with Gasteiger partial charge in [0.05, 0.1) is 11.3 Å². The monoisotopic (exact) mass is 402 g/mol. The summed E-state index contributed by atoms with van der Waals surface area (Å²) < 4.78 is 0. The third-order valence-electron chi connectivity index (χ3n) is 5.47. The number of benzene rings is 1. The van der Waals surface area contributed by atoms with E-state index in [0.717, 1.165) is 41.1 Å². The first-order chi connectivity index (χ1) is 14.3. The standard InChI is InChI=1S/C23H22N4OS/c28-22-19(21-15-29-23(26-21)17-6-8-24-9-7-17)13-18-5-4-16(12-20(18)25-22)14-27-10-2-1-3-11-27/h4-9,12-13,15H,1-3,10-11,14H2,(H,25,28). The van der Waals surface area contributed by atoms with Gasteiger partial charge in [-0.15, -0.1) is 11.3 Å². The van der Waals surface area contributed by atoms with Gasteiger partial charge in [-0.05, 0) is 61.1 Å². The van der Waals surface area contributed by atoms with Crippen LogP contribution in [-0.4, -0.2) is 32.9 Å². The highest BCUT2D eigenvalue weighted by Crippen LogP contribution is 2.28. The van der Waals surface area contributed by atoms with Gasteiger partial charge in [0.15, 0.2) is 0 Å². The molecule has 1 aromatic carbocycles. The summed E-state index contributed by atoms with van der Waals surface area (Å²) in [6.45, 7) is 3.27. The van der Waals surface area contributed by atoms with Crippen molar-refractivity contribution in [2.24, 2.45) is 0 Å².